The third-order valence-corrected chi connectivity index (χ3v) is 8.54. The fourth-order valence-electron chi connectivity index (χ4n) is 6.36. The minimum Gasteiger partial charge on any atom is -0.308 e. The van der Waals surface area contributed by atoms with Gasteiger partial charge in [-0.15, -0.1) is 0 Å². The molecule has 5 heteroatoms. The maximum absolute atomic E-state index is 4.90. The molecule has 0 atom stereocenters. The van der Waals surface area contributed by atoms with E-state index in [9.17, 15) is 0 Å². The van der Waals surface area contributed by atoms with E-state index in [1.807, 2.05) is 54.9 Å². The van der Waals surface area contributed by atoms with Gasteiger partial charge in [0.1, 0.15) is 0 Å². The van der Waals surface area contributed by atoms with Crippen LogP contribution in [-0.2, 0) is 0 Å². The predicted molar refractivity (Wildman–Crippen MR) is 183 cm³/mol. The average Bonchev–Trinajstić information content (AvgIpc) is 3.46. The van der Waals surface area contributed by atoms with Crippen LogP contribution >= 0.6 is 0 Å². The lowest BCUT2D eigenvalue weighted by atomic mass is 10.0. The van der Waals surface area contributed by atoms with Crippen molar-refractivity contribution in [1.82, 2.24) is 24.5 Å². The van der Waals surface area contributed by atoms with Gasteiger partial charge in [-0.25, -0.2) is 4.98 Å². The zero-order valence-corrected chi connectivity index (χ0v) is 24.2. The number of rotatable bonds is 4. The van der Waals surface area contributed by atoms with Crippen molar-refractivity contribution >= 4 is 43.5 Å². The summed E-state index contributed by atoms with van der Waals surface area (Å²) in [7, 11) is 0. The van der Waals surface area contributed by atoms with Crippen LogP contribution in [0.3, 0.4) is 0 Å². The summed E-state index contributed by atoms with van der Waals surface area (Å²) in [5, 5.41) is 5.96. The molecule has 0 N–H and O–H groups in total. The van der Waals surface area contributed by atoms with E-state index in [1.54, 1.807) is 6.20 Å². The lowest BCUT2D eigenvalue weighted by molar-refractivity contribution is 1.14. The van der Waals surface area contributed by atoms with Gasteiger partial charge < -0.3 is 4.57 Å². The molecule has 210 valence electrons. The van der Waals surface area contributed by atoms with Gasteiger partial charge in [-0.3, -0.25) is 15.0 Å². The van der Waals surface area contributed by atoms with Crippen molar-refractivity contribution in [3.05, 3.63) is 152 Å². The van der Waals surface area contributed by atoms with Gasteiger partial charge in [0.15, 0.2) is 0 Å². The Morgan fingerprint density at radius 1 is 0.444 bits per heavy atom. The number of nitrogens with zero attached hydrogens (tertiary/aromatic N) is 5. The van der Waals surface area contributed by atoms with Crippen LogP contribution in [0.1, 0.15) is 0 Å². The quantitative estimate of drug-likeness (QED) is 0.210. The van der Waals surface area contributed by atoms with Crippen molar-refractivity contribution < 1.29 is 0 Å². The number of para-hydroxylation sites is 1. The van der Waals surface area contributed by atoms with Gasteiger partial charge in [-0.05, 0) is 77.5 Å². The molecule has 0 amide bonds. The summed E-state index contributed by atoms with van der Waals surface area (Å²) in [6.45, 7) is 0. The Morgan fingerprint density at radius 2 is 1.18 bits per heavy atom. The van der Waals surface area contributed by atoms with Crippen LogP contribution < -0.4 is 0 Å². The fraction of sp³-hybridized carbons (Fsp3) is 0. The van der Waals surface area contributed by atoms with Gasteiger partial charge >= 0.3 is 0 Å². The second-order valence-electron chi connectivity index (χ2n) is 11.2. The number of aromatic nitrogens is 5. The summed E-state index contributed by atoms with van der Waals surface area (Å²) in [5.41, 5.74) is 9.85. The smallest absolute Gasteiger partial charge is 0.0887 e. The van der Waals surface area contributed by atoms with Gasteiger partial charge in [0.25, 0.3) is 0 Å². The second-order valence-corrected chi connectivity index (χ2v) is 11.2. The summed E-state index contributed by atoms with van der Waals surface area (Å²) >= 11 is 0. The third kappa shape index (κ3) is 4.25. The summed E-state index contributed by atoms with van der Waals surface area (Å²) in [6, 6.07) is 46.2. The molecule has 45 heavy (non-hydrogen) atoms. The molecule has 0 saturated heterocycles. The van der Waals surface area contributed by atoms with Gasteiger partial charge in [-0.2, -0.15) is 0 Å². The van der Waals surface area contributed by atoms with E-state index in [4.69, 9.17) is 15.0 Å². The molecule has 0 aliphatic rings. The Balaban J connectivity index is 1.18. The van der Waals surface area contributed by atoms with E-state index in [1.165, 1.54) is 21.5 Å². The normalized spacial score (nSPS) is 11.6. The molecule has 0 aliphatic carbocycles. The van der Waals surface area contributed by atoms with Crippen molar-refractivity contribution in [2.45, 2.75) is 0 Å². The van der Waals surface area contributed by atoms with Gasteiger partial charge in [-0.1, -0.05) is 66.7 Å². The molecule has 0 radical (unpaired) electrons. The lowest BCUT2D eigenvalue weighted by Gasteiger charge is -2.09. The highest BCUT2D eigenvalue weighted by Crippen LogP contribution is 2.38. The molecule has 0 saturated carbocycles. The molecular weight excluding hydrogens is 550 g/mol. The molecule has 9 aromatic rings. The summed E-state index contributed by atoms with van der Waals surface area (Å²) in [6.07, 6.45) is 5.65. The van der Waals surface area contributed by atoms with Crippen molar-refractivity contribution in [1.29, 1.82) is 0 Å². The van der Waals surface area contributed by atoms with Crippen molar-refractivity contribution in [3.63, 3.8) is 0 Å². The molecular formula is C40H25N5. The molecule has 0 unspecified atom stereocenters. The van der Waals surface area contributed by atoms with E-state index in [2.05, 4.69) is 101 Å². The molecule has 9 rings (SSSR count). The number of benzene rings is 4. The molecule has 0 fully saturated rings. The highest BCUT2D eigenvalue weighted by Gasteiger charge is 2.17. The molecule has 0 aliphatic heterocycles. The largest absolute Gasteiger partial charge is 0.308 e. The average molecular weight is 576 g/mol. The zero-order chi connectivity index (χ0) is 29.7. The van der Waals surface area contributed by atoms with Gasteiger partial charge in [0.2, 0.25) is 0 Å². The molecule has 0 bridgehead atoms. The first-order chi connectivity index (χ1) is 22.3. The number of pyridine rings is 4. The van der Waals surface area contributed by atoms with E-state index >= 15 is 0 Å². The monoisotopic (exact) mass is 575 g/mol. The first-order valence-electron chi connectivity index (χ1n) is 15.0. The van der Waals surface area contributed by atoms with Crippen molar-refractivity contribution in [2.75, 3.05) is 0 Å². The molecule has 5 aromatic heterocycles. The Bertz CT molecular complexity index is 2520. The van der Waals surface area contributed by atoms with Crippen LogP contribution in [0, 0.1) is 0 Å². The SMILES string of the molecule is c1ccc(-c2ccc(-n3c4ccc(-c5ccc(-c6ccc7ccccc7n6)cn5)cc4c4c5ccccc5ccc43)cn2)nc1. The molecule has 5 heterocycles. The Kier molecular flexibility index (Phi) is 5.74. The van der Waals surface area contributed by atoms with Crippen LogP contribution in [-0.4, -0.2) is 24.5 Å². The van der Waals surface area contributed by atoms with Crippen LogP contribution in [0.15, 0.2) is 152 Å². The maximum atomic E-state index is 4.90. The van der Waals surface area contributed by atoms with Crippen molar-refractivity contribution in [3.8, 4) is 39.6 Å². The van der Waals surface area contributed by atoms with Crippen LogP contribution in [0.5, 0.6) is 0 Å². The fourth-order valence-corrected chi connectivity index (χ4v) is 6.36. The summed E-state index contributed by atoms with van der Waals surface area (Å²) in [4.78, 5) is 19.0. The Hall–Kier alpha value is -6.20. The van der Waals surface area contributed by atoms with Gasteiger partial charge in [0.05, 0.1) is 51.2 Å². The number of hydrogen-bond acceptors (Lipinski definition) is 4. The molecule has 0 spiro atoms. The second kappa shape index (κ2) is 10.2. The Morgan fingerprint density at radius 3 is 2.02 bits per heavy atom. The minimum absolute atomic E-state index is 0.848. The third-order valence-electron chi connectivity index (χ3n) is 8.54. The summed E-state index contributed by atoms with van der Waals surface area (Å²) < 4.78 is 2.30. The van der Waals surface area contributed by atoms with Gasteiger partial charge in [0, 0.05) is 39.7 Å². The standard InChI is InChI=1S/C40H25N5/c1-3-9-31-26(7-1)14-21-39-40(31)32-23-28(33-17-13-29(24-42-33)35-18-12-27-8-2-4-10-34(27)44-35)15-20-38(32)45(39)30-16-19-37(43-25-30)36-11-5-6-22-41-36/h1-25H. The highest BCUT2D eigenvalue weighted by molar-refractivity contribution is 6.21. The lowest BCUT2D eigenvalue weighted by Crippen LogP contribution is -1.96. The van der Waals surface area contributed by atoms with E-state index in [-0.39, 0.29) is 0 Å². The minimum atomic E-state index is 0.848. The van der Waals surface area contributed by atoms with Crippen LogP contribution in [0.25, 0.3) is 83.1 Å². The number of fused-ring (bicyclic) bond motifs is 6. The summed E-state index contributed by atoms with van der Waals surface area (Å²) in [5.74, 6) is 0. The highest BCUT2D eigenvalue weighted by atomic mass is 15.0. The van der Waals surface area contributed by atoms with Crippen LogP contribution in [0.2, 0.25) is 0 Å². The molecule has 5 nitrogen and oxygen atoms in total. The van der Waals surface area contributed by atoms with E-state index < -0.39 is 0 Å². The van der Waals surface area contributed by atoms with Crippen LogP contribution in [0.4, 0.5) is 0 Å². The first kappa shape index (κ1) is 25.3. The van der Waals surface area contributed by atoms with Crippen molar-refractivity contribution in [2.24, 2.45) is 0 Å². The van der Waals surface area contributed by atoms with E-state index in [0.29, 0.717) is 0 Å². The maximum Gasteiger partial charge on any atom is 0.0887 e. The number of hydrogen-bond donors (Lipinski definition) is 0. The Labute approximate surface area is 259 Å². The topological polar surface area (TPSA) is 56.5 Å². The molecule has 4 aromatic carbocycles. The van der Waals surface area contributed by atoms with E-state index in [0.717, 1.165) is 61.5 Å². The first-order valence-corrected chi connectivity index (χ1v) is 15.0. The zero-order valence-electron chi connectivity index (χ0n) is 24.2. The predicted octanol–water partition coefficient (Wildman–Crippen LogP) is 9.67.